The standard InChI is InChI=1S/C14H18N2O3/c1-19-13-4-2-12(3-5-13)6-9-16(11-8-15)10-7-14(17)18/h2-5H,6-7,9-11H2,1H3,(H,17,18). The van der Waals surface area contributed by atoms with E-state index in [9.17, 15) is 4.79 Å². The van der Waals surface area contributed by atoms with Crippen LogP contribution in [0.15, 0.2) is 24.3 Å². The van der Waals surface area contributed by atoms with Crippen LogP contribution in [0.2, 0.25) is 0 Å². The molecule has 0 amide bonds. The average Bonchev–Trinajstić information content (AvgIpc) is 2.42. The van der Waals surface area contributed by atoms with E-state index in [0.717, 1.165) is 17.7 Å². The monoisotopic (exact) mass is 262 g/mol. The molecule has 102 valence electrons. The Morgan fingerprint density at radius 1 is 1.37 bits per heavy atom. The molecule has 5 nitrogen and oxygen atoms in total. The fraction of sp³-hybridized carbons (Fsp3) is 0.429. The van der Waals surface area contributed by atoms with Gasteiger partial charge in [-0.15, -0.1) is 0 Å². The Morgan fingerprint density at radius 3 is 2.58 bits per heavy atom. The number of ether oxygens (including phenoxy) is 1. The Morgan fingerprint density at radius 2 is 2.05 bits per heavy atom. The number of methoxy groups -OCH3 is 1. The second kappa shape index (κ2) is 8.11. The summed E-state index contributed by atoms with van der Waals surface area (Å²) >= 11 is 0. The van der Waals surface area contributed by atoms with Gasteiger partial charge in [-0.05, 0) is 24.1 Å². The first-order chi connectivity index (χ1) is 9.15. The molecule has 1 N–H and O–H groups in total. The van der Waals surface area contributed by atoms with E-state index in [-0.39, 0.29) is 13.0 Å². The molecule has 0 unspecified atom stereocenters. The van der Waals surface area contributed by atoms with Crippen LogP contribution in [0.3, 0.4) is 0 Å². The zero-order valence-electron chi connectivity index (χ0n) is 11.0. The van der Waals surface area contributed by atoms with E-state index in [1.54, 1.807) is 7.11 Å². The van der Waals surface area contributed by atoms with Gasteiger partial charge < -0.3 is 9.84 Å². The van der Waals surface area contributed by atoms with Crippen molar-refractivity contribution in [3.63, 3.8) is 0 Å². The van der Waals surface area contributed by atoms with Gasteiger partial charge in [-0.1, -0.05) is 12.1 Å². The molecule has 1 aromatic carbocycles. The highest BCUT2D eigenvalue weighted by Crippen LogP contribution is 2.12. The molecule has 0 aliphatic heterocycles. The maximum atomic E-state index is 10.5. The third-order valence-corrected chi connectivity index (χ3v) is 2.81. The van der Waals surface area contributed by atoms with Crippen molar-refractivity contribution in [3.05, 3.63) is 29.8 Å². The fourth-order valence-corrected chi connectivity index (χ4v) is 1.70. The molecule has 19 heavy (non-hydrogen) atoms. The van der Waals surface area contributed by atoms with Gasteiger partial charge in [0.15, 0.2) is 0 Å². The summed E-state index contributed by atoms with van der Waals surface area (Å²) in [6.45, 7) is 1.33. The molecule has 0 spiro atoms. The highest BCUT2D eigenvalue weighted by molar-refractivity contribution is 5.66. The summed E-state index contributed by atoms with van der Waals surface area (Å²) in [5, 5.41) is 17.4. The molecule has 0 saturated heterocycles. The minimum absolute atomic E-state index is 0.0598. The molecule has 0 heterocycles. The predicted molar refractivity (Wildman–Crippen MR) is 71.0 cm³/mol. The zero-order valence-corrected chi connectivity index (χ0v) is 11.0. The SMILES string of the molecule is COc1ccc(CCN(CC#N)CCC(=O)O)cc1. The second-order valence-corrected chi connectivity index (χ2v) is 4.18. The minimum Gasteiger partial charge on any atom is -0.497 e. The summed E-state index contributed by atoms with van der Waals surface area (Å²) in [7, 11) is 1.62. The maximum absolute atomic E-state index is 10.5. The van der Waals surface area contributed by atoms with Crippen LogP contribution in [0.5, 0.6) is 5.75 Å². The molecule has 0 aromatic heterocycles. The van der Waals surface area contributed by atoms with Gasteiger partial charge >= 0.3 is 5.97 Å². The van der Waals surface area contributed by atoms with Crippen molar-refractivity contribution in [1.82, 2.24) is 4.90 Å². The molecule has 1 rings (SSSR count). The van der Waals surface area contributed by atoms with Gasteiger partial charge in [-0.2, -0.15) is 5.26 Å². The zero-order chi connectivity index (χ0) is 14.1. The van der Waals surface area contributed by atoms with Gasteiger partial charge in [0.05, 0.1) is 26.1 Å². The van der Waals surface area contributed by atoms with Crippen LogP contribution in [0.25, 0.3) is 0 Å². The number of carboxylic acids is 1. The van der Waals surface area contributed by atoms with Crippen molar-refractivity contribution in [2.75, 3.05) is 26.7 Å². The predicted octanol–water partition coefficient (Wildman–Crippen LogP) is 1.54. The Balaban J connectivity index is 2.45. The number of carboxylic acid groups (broad SMARTS) is 1. The van der Waals surface area contributed by atoms with Gasteiger partial charge in [0.1, 0.15) is 5.75 Å². The molecule has 0 fully saturated rings. The number of benzene rings is 1. The summed E-state index contributed by atoms with van der Waals surface area (Å²) in [6, 6.07) is 9.78. The number of rotatable bonds is 8. The van der Waals surface area contributed by atoms with E-state index < -0.39 is 5.97 Å². The van der Waals surface area contributed by atoms with E-state index in [1.165, 1.54) is 0 Å². The van der Waals surface area contributed by atoms with Gasteiger partial charge in [0.2, 0.25) is 0 Å². The first-order valence-electron chi connectivity index (χ1n) is 6.09. The van der Waals surface area contributed by atoms with Crippen LogP contribution < -0.4 is 4.74 Å². The molecule has 0 aliphatic rings. The smallest absolute Gasteiger partial charge is 0.304 e. The highest BCUT2D eigenvalue weighted by atomic mass is 16.5. The van der Waals surface area contributed by atoms with Gasteiger partial charge in [-0.3, -0.25) is 9.69 Å². The summed E-state index contributed by atoms with van der Waals surface area (Å²) in [5.41, 5.74) is 1.14. The average molecular weight is 262 g/mol. The van der Waals surface area contributed by atoms with Crippen LogP contribution in [0, 0.1) is 11.3 Å². The first-order valence-corrected chi connectivity index (χ1v) is 6.09. The second-order valence-electron chi connectivity index (χ2n) is 4.18. The quantitative estimate of drug-likeness (QED) is 0.719. The highest BCUT2D eigenvalue weighted by Gasteiger charge is 2.07. The van der Waals surface area contributed by atoms with Crippen molar-refractivity contribution in [1.29, 1.82) is 5.26 Å². The minimum atomic E-state index is -0.840. The molecule has 0 aliphatic carbocycles. The molecule has 0 saturated carbocycles. The summed E-state index contributed by atoms with van der Waals surface area (Å²) in [6.07, 6.45) is 0.843. The summed E-state index contributed by atoms with van der Waals surface area (Å²) in [4.78, 5) is 12.4. The van der Waals surface area contributed by atoms with Gasteiger partial charge in [0, 0.05) is 13.1 Å². The molecule has 1 aromatic rings. The van der Waals surface area contributed by atoms with Crippen LogP contribution in [-0.4, -0.2) is 42.7 Å². The van der Waals surface area contributed by atoms with Crippen LogP contribution in [0.4, 0.5) is 0 Å². The van der Waals surface area contributed by atoms with Crippen LogP contribution in [0.1, 0.15) is 12.0 Å². The van der Waals surface area contributed by atoms with Crippen molar-refractivity contribution >= 4 is 5.97 Å². The Kier molecular flexibility index (Phi) is 6.41. The third-order valence-electron chi connectivity index (χ3n) is 2.81. The van der Waals surface area contributed by atoms with Crippen LogP contribution in [-0.2, 0) is 11.2 Å². The number of hydrogen-bond acceptors (Lipinski definition) is 4. The fourth-order valence-electron chi connectivity index (χ4n) is 1.70. The van der Waals surface area contributed by atoms with Crippen molar-refractivity contribution < 1.29 is 14.6 Å². The van der Waals surface area contributed by atoms with E-state index in [2.05, 4.69) is 6.07 Å². The lowest BCUT2D eigenvalue weighted by molar-refractivity contribution is -0.137. The largest absolute Gasteiger partial charge is 0.497 e. The topological polar surface area (TPSA) is 73.6 Å². The Bertz CT molecular complexity index is 437. The van der Waals surface area contributed by atoms with Crippen molar-refractivity contribution in [3.8, 4) is 11.8 Å². The normalized spacial score (nSPS) is 10.2. The molecular formula is C14H18N2O3. The van der Waals surface area contributed by atoms with E-state index in [4.69, 9.17) is 15.1 Å². The summed E-state index contributed by atoms with van der Waals surface area (Å²) in [5.74, 6) is -0.0316. The van der Waals surface area contributed by atoms with Crippen molar-refractivity contribution in [2.45, 2.75) is 12.8 Å². The van der Waals surface area contributed by atoms with E-state index in [0.29, 0.717) is 13.1 Å². The lowest BCUT2D eigenvalue weighted by Crippen LogP contribution is -2.29. The lowest BCUT2D eigenvalue weighted by Gasteiger charge is -2.17. The first kappa shape index (κ1) is 15.0. The number of aliphatic carboxylic acids is 1. The van der Waals surface area contributed by atoms with Crippen LogP contribution >= 0.6 is 0 Å². The van der Waals surface area contributed by atoms with Gasteiger partial charge in [-0.25, -0.2) is 0 Å². The van der Waals surface area contributed by atoms with E-state index in [1.807, 2.05) is 29.2 Å². The molecule has 0 bridgehead atoms. The number of carbonyl (C=O) groups is 1. The molecule has 5 heteroatoms. The van der Waals surface area contributed by atoms with E-state index >= 15 is 0 Å². The lowest BCUT2D eigenvalue weighted by atomic mass is 10.1. The number of nitrogens with zero attached hydrogens (tertiary/aromatic N) is 2. The number of hydrogen-bond donors (Lipinski definition) is 1. The molecular weight excluding hydrogens is 244 g/mol. The van der Waals surface area contributed by atoms with Gasteiger partial charge in [0.25, 0.3) is 0 Å². The molecule has 0 atom stereocenters. The Hall–Kier alpha value is -2.06. The number of nitriles is 1. The van der Waals surface area contributed by atoms with Crippen molar-refractivity contribution in [2.24, 2.45) is 0 Å². The maximum Gasteiger partial charge on any atom is 0.304 e. The molecule has 0 radical (unpaired) electrons. The third kappa shape index (κ3) is 5.89. The summed E-state index contributed by atoms with van der Waals surface area (Å²) < 4.78 is 5.08. The Labute approximate surface area is 113 Å².